The second-order valence-electron chi connectivity index (χ2n) is 6.68. The summed E-state index contributed by atoms with van der Waals surface area (Å²) in [5.41, 5.74) is 2.20. The van der Waals surface area contributed by atoms with Crippen LogP contribution >= 0.6 is 15.9 Å². The zero-order valence-electron chi connectivity index (χ0n) is 14.9. The highest BCUT2D eigenvalue weighted by Crippen LogP contribution is 2.21. The van der Waals surface area contributed by atoms with Crippen LogP contribution in [0, 0.1) is 0 Å². The molecule has 2 N–H and O–H groups in total. The van der Waals surface area contributed by atoms with Gasteiger partial charge in [-0.25, -0.2) is 4.79 Å². The fourth-order valence-corrected chi connectivity index (χ4v) is 3.45. The number of aromatic hydroxyl groups is 1. The van der Waals surface area contributed by atoms with Crippen molar-refractivity contribution in [3.05, 3.63) is 58.6 Å². The molecular weight excluding hydrogens is 394 g/mol. The van der Waals surface area contributed by atoms with Gasteiger partial charge in [0.15, 0.2) is 0 Å². The second-order valence-corrected chi connectivity index (χ2v) is 7.59. The summed E-state index contributed by atoms with van der Waals surface area (Å²) in [7, 11) is 0. The lowest BCUT2D eigenvalue weighted by Gasteiger charge is -2.36. The molecular formula is C20H24BrN3O2. The molecule has 1 heterocycles. The zero-order chi connectivity index (χ0) is 18.5. The largest absolute Gasteiger partial charge is 0.508 e. The van der Waals surface area contributed by atoms with E-state index in [0.29, 0.717) is 13.1 Å². The van der Waals surface area contributed by atoms with Crippen LogP contribution in [-0.2, 0) is 6.42 Å². The lowest BCUT2D eigenvalue weighted by molar-refractivity contribution is 0.191. The molecule has 138 valence electrons. The number of benzene rings is 2. The second kappa shape index (κ2) is 8.45. The summed E-state index contributed by atoms with van der Waals surface area (Å²) in [4.78, 5) is 16.5. The Morgan fingerprint density at radius 1 is 1.15 bits per heavy atom. The molecule has 6 heteroatoms. The fourth-order valence-electron chi connectivity index (χ4n) is 3.18. The van der Waals surface area contributed by atoms with Crippen LogP contribution in [0.5, 0.6) is 5.75 Å². The van der Waals surface area contributed by atoms with Gasteiger partial charge in [0.25, 0.3) is 0 Å². The van der Waals surface area contributed by atoms with Gasteiger partial charge in [-0.3, -0.25) is 0 Å². The number of urea groups is 1. The van der Waals surface area contributed by atoms with Crippen LogP contribution < -0.4 is 10.2 Å². The van der Waals surface area contributed by atoms with Crippen LogP contribution in [0.15, 0.2) is 53.0 Å². The summed E-state index contributed by atoms with van der Waals surface area (Å²) in [6.07, 6.45) is 0.808. The molecule has 0 aromatic heterocycles. The number of hydrogen-bond donors (Lipinski definition) is 2. The molecule has 0 radical (unpaired) electrons. The molecule has 5 nitrogen and oxygen atoms in total. The SMILES string of the molecule is CC(Cc1ccc(Br)cc1)NC(=O)N1CCN(c2cccc(O)c2)CC1. The molecule has 1 aliphatic heterocycles. The molecule has 2 aromatic carbocycles. The van der Waals surface area contributed by atoms with Gasteiger partial charge in [-0.05, 0) is 43.2 Å². The van der Waals surface area contributed by atoms with E-state index in [9.17, 15) is 9.90 Å². The van der Waals surface area contributed by atoms with E-state index in [1.165, 1.54) is 5.56 Å². The van der Waals surface area contributed by atoms with Gasteiger partial charge in [0.2, 0.25) is 0 Å². The molecule has 0 spiro atoms. The number of nitrogens with zero attached hydrogens (tertiary/aromatic N) is 2. The van der Waals surface area contributed by atoms with E-state index in [4.69, 9.17) is 0 Å². The van der Waals surface area contributed by atoms with Crippen molar-refractivity contribution in [1.29, 1.82) is 0 Å². The van der Waals surface area contributed by atoms with E-state index in [-0.39, 0.29) is 17.8 Å². The Bertz CT molecular complexity index is 743. The average Bonchev–Trinajstić information content (AvgIpc) is 2.64. The third-order valence-electron chi connectivity index (χ3n) is 4.59. The Hall–Kier alpha value is -2.21. The van der Waals surface area contributed by atoms with Crippen LogP contribution in [0.3, 0.4) is 0 Å². The molecule has 1 fully saturated rings. The lowest BCUT2D eigenvalue weighted by atomic mass is 10.1. The van der Waals surface area contributed by atoms with Crippen molar-refractivity contribution in [2.75, 3.05) is 31.1 Å². The van der Waals surface area contributed by atoms with Gasteiger partial charge in [-0.15, -0.1) is 0 Å². The first-order chi connectivity index (χ1) is 12.5. The predicted octanol–water partition coefficient (Wildman–Crippen LogP) is 3.62. The normalized spacial score (nSPS) is 15.6. The molecule has 0 aliphatic carbocycles. The number of carbonyl (C=O) groups is 1. The molecule has 1 unspecified atom stereocenters. The van der Waals surface area contributed by atoms with E-state index in [1.54, 1.807) is 12.1 Å². The number of amides is 2. The van der Waals surface area contributed by atoms with Crippen molar-refractivity contribution in [2.45, 2.75) is 19.4 Å². The summed E-state index contributed by atoms with van der Waals surface area (Å²) in [5.74, 6) is 0.268. The highest BCUT2D eigenvalue weighted by atomic mass is 79.9. The Morgan fingerprint density at radius 3 is 2.50 bits per heavy atom. The Balaban J connectivity index is 1.48. The van der Waals surface area contributed by atoms with Crippen LogP contribution in [0.2, 0.25) is 0 Å². The van der Waals surface area contributed by atoms with Gasteiger partial charge in [0, 0.05) is 48.4 Å². The minimum atomic E-state index is -0.00910. The van der Waals surface area contributed by atoms with Gasteiger partial charge < -0.3 is 20.2 Å². The van der Waals surface area contributed by atoms with Crippen LogP contribution in [0.4, 0.5) is 10.5 Å². The first kappa shape index (κ1) is 18.6. The zero-order valence-corrected chi connectivity index (χ0v) is 16.4. The quantitative estimate of drug-likeness (QED) is 0.798. The van der Waals surface area contributed by atoms with Gasteiger partial charge >= 0.3 is 6.03 Å². The van der Waals surface area contributed by atoms with Crippen molar-refractivity contribution in [3.8, 4) is 5.75 Å². The molecule has 0 saturated carbocycles. The highest BCUT2D eigenvalue weighted by Gasteiger charge is 2.22. The van der Waals surface area contributed by atoms with E-state index < -0.39 is 0 Å². The Labute approximate surface area is 162 Å². The van der Waals surface area contributed by atoms with Crippen LogP contribution in [-0.4, -0.2) is 48.3 Å². The van der Waals surface area contributed by atoms with Crippen molar-refractivity contribution in [3.63, 3.8) is 0 Å². The molecule has 0 bridgehead atoms. The number of nitrogens with one attached hydrogen (secondary N) is 1. The van der Waals surface area contributed by atoms with E-state index in [1.807, 2.05) is 36.1 Å². The number of carbonyl (C=O) groups excluding carboxylic acids is 1. The third kappa shape index (κ3) is 4.91. The fraction of sp³-hybridized carbons (Fsp3) is 0.350. The standard InChI is InChI=1S/C20H24BrN3O2/c1-15(13-16-5-7-17(21)8-6-16)22-20(26)24-11-9-23(10-12-24)18-3-2-4-19(25)14-18/h2-8,14-15,25H,9-13H2,1H3,(H,22,26). The van der Waals surface area contributed by atoms with Crippen molar-refractivity contribution < 1.29 is 9.90 Å². The number of phenolic OH excluding ortho intramolecular Hbond substituents is 1. The first-order valence-corrected chi connectivity index (χ1v) is 9.64. The summed E-state index contributed by atoms with van der Waals surface area (Å²) >= 11 is 3.44. The molecule has 3 rings (SSSR count). The summed E-state index contributed by atoms with van der Waals surface area (Å²) in [6.45, 7) is 4.90. The lowest BCUT2D eigenvalue weighted by Crippen LogP contribution is -2.53. The van der Waals surface area contributed by atoms with Crippen LogP contribution in [0.25, 0.3) is 0 Å². The van der Waals surface area contributed by atoms with Crippen molar-refractivity contribution in [2.24, 2.45) is 0 Å². The van der Waals surface area contributed by atoms with E-state index in [2.05, 4.69) is 38.3 Å². The van der Waals surface area contributed by atoms with E-state index in [0.717, 1.165) is 29.7 Å². The van der Waals surface area contributed by atoms with Gasteiger partial charge in [-0.2, -0.15) is 0 Å². The average molecular weight is 418 g/mol. The highest BCUT2D eigenvalue weighted by molar-refractivity contribution is 9.10. The van der Waals surface area contributed by atoms with Gasteiger partial charge in [0.1, 0.15) is 5.75 Å². The van der Waals surface area contributed by atoms with E-state index >= 15 is 0 Å². The molecule has 1 atom stereocenters. The van der Waals surface area contributed by atoms with Gasteiger partial charge in [-0.1, -0.05) is 34.1 Å². The Kier molecular flexibility index (Phi) is 6.04. The maximum atomic E-state index is 12.5. The minimum absolute atomic E-state index is 0.00910. The minimum Gasteiger partial charge on any atom is -0.508 e. The maximum Gasteiger partial charge on any atom is 0.317 e. The molecule has 26 heavy (non-hydrogen) atoms. The number of phenols is 1. The smallest absolute Gasteiger partial charge is 0.317 e. The monoisotopic (exact) mass is 417 g/mol. The van der Waals surface area contributed by atoms with Crippen LogP contribution in [0.1, 0.15) is 12.5 Å². The number of hydrogen-bond acceptors (Lipinski definition) is 3. The third-order valence-corrected chi connectivity index (χ3v) is 5.12. The topological polar surface area (TPSA) is 55.8 Å². The summed E-state index contributed by atoms with van der Waals surface area (Å²) in [6, 6.07) is 15.5. The van der Waals surface area contributed by atoms with Crippen molar-refractivity contribution in [1.82, 2.24) is 10.2 Å². The first-order valence-electron chi connectivity index (χ1n) is 8.85. The molecule has 1 saturated heterocycles. The predicted molar refractivity (Wildman–Crippen MR) is 108 cm³/mol. The van der Waals surface area contributed by atoms with Crippen molar-refractivity contribution >= 4 is 27.6 Å². The van der Waals surface area contributed by atoms with Gasteiger partial charge in [0.05, 0.1) is 0 Å². The number of anilines is 1. The summed E-state index contributed by atoms with van der Waals surface area (Å²) in [5, 5.41) is 12.7. The molecule has 2 aromatic rings. The maximum absolute atomic E-state index is 12.5. The molecule has 2 amide bonds. The Morgan fingerprint density at radius 2 is 1.85 bits per heavy atom. The number of piperazine rings is 1. The summed E-state index contributed by atoms with van der Waals surface area (Å²) < 4.78 is 1.06. The number of halogens is 1. The molecule has 1 aliphatic rings. The number of rotatable bonds is 4.